The van der Waals surface area contributed by atoms with Crippen LogP contribution >= 0.6 is 0 Å². The summed E-state index contributed by atoms with van der Waals surface area (Å²) in [5, 5.41) is 0. The Balaban J connectivity index is 2.24. The third-order valence-electron chi connectivity index (χ3n) is 2.97. The Hall–Kier alpha value is -2.10. The molecular weight excluding hydrogens is 236 g/mol. The topological polar surface area (TPSA) is 55.0 Å². The second-order valence-electron chi connectivity index (χ2n) is 4.63. The van der Waals surface area contributed by atoms with Gasteiger partial charge < -0.3 is 10.6 Å². The zero-order valence-electron chi connectivity index (χ0n) is 11.5. The molecule has 0 radical (unpaired) electrons. The maximum Gasteiger partial charge on any atom is 0.150 e. The summed E-state index contributed by atoms with van der Waals surface area (Å²) in [6, 6.07) is 7.98. The van der Waals surface area contributed by atoms with Gasteiger partial charge in [0.15, 0.2) is 0 Å². The smallest absolute Gasteiger partial charge is 0.150 e. The van der Waals surface area contributed by atoms with Crippen LogP contribution < -0.4 is 10.6 Å². The molecule has 1 heterocycles. The van der Waals surface area contributed by atoms with Crippen molar-refractivity contribution < 1.29 is 0 Å². The van der Waals surface area contributed by atoms with E-state index in [1.54, 1.807) is 12.4 Å². The number of nitrogen functional groups attached to an aromatic ring is 1. The second kappa shape index (κ2) is 6.18. The van der Waals surface area contributed by atoms with Crippen molar-refractivity contribution in [2.75, 3.05) is 17.2 Å². The summed E-state index contributed by atoms with van der Waals surface area (Å²) in [4.78, 5) is 11.0. The van der Waals surface area contributed by atoms with Crippen LogP contribution in [0.25, 0.3) is 0 Å². The van der Waals surface area contributed by atoms with Gasteiger partial charge in [-0.2, -0.15) is 0 Å². The Morgan fingerprint density at radius 2 is 2.00 bits per heavy atom. The fourth-order valence-corrected chi connectivity index (χ4v) is 2.15. The summed E-state index contributed by atoms with van der Waals surface area (Å²) in [5.41, 5.74) is 8.78. The van der Waals surface area contributed by atoms with Crippen LogP contribution in [0.3, 0.4) is 0 Å². The quantitative estimate of drug-likeness (QED) is 0.836. The zero-order chi connectivity index (χ0) is 13.7. The van der Waals surface area contributed by atoms with E-state index in [9.17, 15) is 0 Å². The summed E-state index contributed by atoms with van der Waals surface area (Å²) in [5.74, 6) is 0.951. The minimum Gasteiger partial charge on any atom is -0.399 e. The van der Waals surface area contributed by atoms with Gasteiger partial charge in [-0.25, -0.2) is 4.98 Å². The van der Waals surface area contributed by atoms with Gasteiger partial charge in [-0.1, -0.05) is 19.1 Å². The minimum absolute atomic E-state index is 0.796. The van der Waals surface area contributed by atoms with Crippen LogP contribution in [0, 0.1) is 6.92 Å². The van der Waals surface area contributed by atoms with Crippen molar-refractivity contribution in [2.45, 2.75) is 26.8 Å². The molecule has 0 atom stereocenters. The molecule has 2 N–H and O–H groups in total. The van der Waals surface area contributed by atoms with Crippen molar-refractivity contribution in [1.82, 2.24) is 9.97 Å². The van der Waals surface area contributed by atoms with Crippen LogP contribution in [0.5, 0.6) is 0 Å². The highest BCUT2D eigenvalue weighted by Gasteiger charge is 2.11. The molecule has 0 amide bonds. The van der Waals surface area contributed by atoms with Gasteiger partial charge in [-0.3, -0.25) is 4.98 Å². The Morgan fingerprint density at radius 3 is 2.68 bits per heavy atom. The number of nitrogens with two attached hydrogens (primary N) is 1. The minimum atomic E-state index is 0.796. The molecule has 0 aliphatic carbocycles. The van der Waals surface area contributed by atoms with Crippen molar-refractivity contribution in [2.24, 2.45) is 0 Å². The number of aryl methyl sites for hydroxylation is 1. The Kier molecular flexibility index (Phi) is 4.34. The first-order chi connectivity index (χ1) is 9.20. The van der Waals surface area contributed by atoms with E-state index in [1.165, 1.54) is 5.56 Å². The van der Waals surface area contributed by atoms with E-state index in [0.717, 1.165) is 36.7 Å². The van der Waals surface area contributed by atoms with E-state index in [4.69, 9.17) is 5.73 Å². The maximum atomic E-state index is 5.83. The van der Waals surface area contributed by atoms with Crippen LogP contribution in [-0.4, -0.2) is 16.5 Å². The van der Waals surface area contributed by atoms with Crippen molar-refractivity contribution in [3.05, 3.63) is 47.9 Å². The highest BCUT2D eigenvalue weighted by Crippen LogP contribution is 2.18. The molecule has 0 aliphatic heterocycles. The first-order valence-electron chi connectivity index (χ1n) is 6.57. The monoisotopic (exact) mass is 256 g/mol. The first kappa shape index (κ1) is 13.3. The zero-order valence-corrected chi connectivity index (χ0v) is 11.5. The molecule has 0 unspecified atom stereocenters. The lowest BCUT2D eigenvalue weighted by molar-refractivity contribution is 0.747. The predicted molar refractivity (Wildman–Crippen MR) is 79.0 cm³/mol. The van der Waals surface area contributed by atoms with E-state index in [-0.39, 0.29) is 0 Å². The normalized spacial score (nSPS) is 10.4. The Bertz CT molecular complexity index is 539. The second-order valence-corrected chi connectivity index (χ2v) is 4.63. The van der Waals surface area contributed by atoms with E-state index in [0.29, 0.717) is 0 Å². The van der Waals surface area contributed by atoms with Crippen LogP contribution in [0.15, 0.2) is 36.7 Å². The fraction of sp³-hybridized carbons (Fsp3) is 0.333. The molecule has 0 spiro atoms. The lowest BCUT2D eigenvalue weighted by Crippen LogP contribution is -2.25. The van der Waals surface area contributed by atoms with Gasteiger partial charge in [-0.05, 0) is 31.0 Å². The van der Waals surface area contributed by atoms with E-state index < -0.39 is 0 Å². The molecule has 0 saturated heterocycles. The third kappa shape index (κ3) is 3.44. The predicted octanol–water partition coefficient (Wildman–Crippen LogP) is 2.78. The molecule has 100 valence electrons. The molecule has 0 fully saturated rings. The molecule has 2 rings (SSSR count). The summed E-state index contributed by atoms with van der Waals surface area (Å²) in [7, 11) is 0. The summed E-state index contributed by atoms with van der Waals surface area (Å²) >= 11 is 0. The van der Waals surface area contributed by atoms with Gasteiger partial charge >= 0.3 is 0 Å². The van der Waals surface area contributed by atoms with Crippen molar-refractivity contribution in [3.63, 3.8) is 0 Å². The standard InChI is InChI=1S/C15H20N4/c1-3-9-19(15-12(2)17-7-8-18-15)11-13-5-4-6-14(16)10-13/h4-8,10H,3,9,11,16H2,1-2H3. The van der Waals surface area contributed by atoms with E-state index in [2.05, 4.69) is 27.9 Å². The molecular formula is C15H20N4. The molecule has 2 aromatic rings. The Labute approximate surface area is 114 Å². The number of hydrogen-bond donors (Lipinski definition) is 1. The van der Waals surface area contributed by atoms with Gasteiger partial charge in [0, 0.05) is 31.2 Å². The summed E-state index contributed by atoms with van der Waals surface area (Å²) < 4.78 is 0. The Morgan fingerprint density at radius 1 is 1.21 bits per heavy atom. The lowest BCUT2D eigenvalue weighted by atomic mass is 10.2. The maximum absolute atomic E-state index is 5.83. The molecule has 1 aromatic carbocycles. The molecule has 0 saturated carbocycles. The lowest BCUT2D eigenvalue weighted by Gasteiger charge is -2.24. The largest absolute Gasteiger partial charge is 0.399 e. The van der Waals surface area contributed by atoms with Gasteiger partial charge in [0.25, 0.3) is 0 Å². The molecule has 4 nitrogen and oxygen atoms in total. The van der Waals surface area contributed by atoms with Crippen LogP contribution in [-0.2, 0) is 6.54 Å². The average Bonchev–Trinajstić information content (AvgIpc) is 2.39. The van der Waals surface area contributed by atoms with Crippen LogP contribution in [0.4, 0.5) is 11.5 Å². The summed E-state index contributed by atoms with van der Waals surface area (Å²) in [6.45, 7) is 5.91. The van der Waals surface area contributed by atoms with Gasteiger partial charge in [-0.15, -0.1) is 0 Å². The molecule has 1 aromatic heterocycles. The van der Waals surface area contributed by atoms with E-state index in [1.807, 2.05) is 25.1 Å². The number of nitrogens with zero attached hydrogens (tertiary/aromatic N) is 3. The van der Waals surface area contributed by atoms with Gasteiger partial charge in [0.1, 0.15) is 5.82 Å². The van der Waals surface area contributed by atoms with Crippen LogP contribution in [0.2, 0.25) is 0 Å². The van der Waals surface area contributed by atoms with Crippen LogP contribution in [0.1, 0.15) is 24.6 Å². The van der Waals surface area contributed by atoms with Crippen molar-refractivity contribution in [3.8, 4) is 0 Å². The summed E-state index contributed by atoms with van der Waals surface area (Å²) in [6.07, 6.45) is 4.53. The van der Waals surface area contributed by atoms with Crippen molar-refractivity contribution >= 4 is 11.5 Å². The van der Waals surface area contributed by atoms with Gasteiger partial charge in [0.05, 0.1) is 5.69 Å². The number of rotatable bonds is 5. The molecule has 0 aliphatic rings. The number of hydrogen-bond acceptors (Lipinski definition) is 4. The number of anilines is 2. The highest BCUT2D eigenvalue weighted by atomic mass is 15.2. The SMILES string of the molecule is CCCN(Cc1cccc(N)c1)c1nccnc1C. The highest BCUT2D eigenvalue weighted by molar-refractivity contribution is 5.46. The molecule has 0 bridgehead atoms. The van der Waals surface area contributed by atoms with Crippen molar-refractivity contribution in [1.29, 1.82) is 0 Å². The third-order valence-corrected chi connectivity index (χ3v) is 2.97. The van der Waals surface area contributed by atoms with E-state index >= 15 is 0 Å². The fourth-order valence-electron chi connectivity index (χ4n) is 2.15. The average molecular weight is 256 g/mol. The first-order valence-corrected chi connectivity index (χ1v) is 6.57. The van der Waals surface area contributed by atoms with Gasteiger partial charge in [0.2, 0.25) is 0 Å². The number of aromatic nitrogens is 2. The molecule has 4 heteroatoms. The molecule has 19 heavy (non-hydrogen) atoms. The number of benzene rings is 1.